The largest absolute Gasteiger partial charge is 0.311 e. The molecule has 4 aliphatic rings. The van der Waals surface area contributed by atoms with Gasteiger partial charge in [-0.1, -0.05) is 24.3 Å². The van der Waals surface area contributed by atoms with E-state index in [0.717, 1.165) is 12.8 Å². The molecule has 2 amide bonds. The average molecular weight is 258 g/mol. The fraction of sp³-hybridized carbons (Fsp3) is 0.600. The quantitative estimate of drug-likeness (QED) is 0.687. The molecule has 100 valence electrons. The summed E-state index contributed by atoms with van der Waals surface area (Å²) >= 11 is 0. The maximum atomic E-state index is 12.4. The van der Waals surface area contributed by atoms with E-state index in [2.05, 4.69) is 10.6 Å². The van der Waals surface area contributed by atoms with Gasteiger partial charge in [0.2, 0.25) is 11.8 Å². The zero-order chi connectivity index (χ0) is 13.0. The van der Waals surface area contributed by atoms with Crippen molar-refractivity contribution in [3.8, 4) is 0 Å². The van der Waals surface area contributed by atoms with E-state index < -0.39 is 5.41 Å². The molecule has 0 aromatic rings. The summed E-state index contributed by atoms with van der Waals surface area (Å²) in [5, 5.41) is 6.15. The van der Waals surface area contributed by atoms with Crippen LogP contribution in [0.5, 0.6) is 0 Å². The minimum Gasteiger partial charge on any atom is -0.311 e. The molecule has 3 heterocycles. The van der Waals surface area contributed by atoms with Crippen LogP contribution < -0.4 is 10.6 Å². The van der Waals surface area contributed by atoms with E-state index in [4.69, 9.17) is 0 Å². The minimum absolute atomic E-state index is 0.0885. The number of allylic oxidation sites excluding steroid dienone is 2. The average Bonchev–Trinajstić information content (AvgIpc) is 2.89. The first-order chi connectivity index (χ1) is 9.20. The van der Waals surface area contributed by atoms with E-state index in [0.29, 0.717) is 12.1 Å². The van der Waals surface area contributed by atoms with Gasteiger partial charge in [-0.3, -0.25) is 14.9 Å². The van der Waals surface area contributed by atoms with Gasteiger partial charge in [0.05, 0.1) is 11.3 Å². The second-order valence-corrected chi connectivity index (χ2v) is 6.28. The number of piperidine rings is 1. The molecule has 0 radical (unpaired) electrons. The predicted molar refractivity (Wildman–Crippen MR) is 70.0 cm³/mol. The van der Waals surface area contributed by atoms with Crippen molar-refractivity contribution in [3.63, 3.8) is 0 Å². The third-order valence-electron chi connectivity index (χ3n) is 5.36. The van der Waals surface area contributed by atoms with Gasteiger partial charge in [-0.2, -0.15) is 0 Å². The number of hydrogen-bond donors (Lipinski definition) is 2. The molecular formula is C15H18N2O2. The van der Waals surface area contributed by atoms with Crippen LogP contribution in [-0.4, -0.2) is 23.9 Å². The van der Waals surface area contributed by atoms with Crippen LogP contribution in [0, 0.1) is 17.3 Å². The van der Waals surface area contributed by atoms with Gasteiger partial charge in [0, 0.05) is 12.1 Å². The Morgan fingerprint density at radius 2 is 1.84 bits per heavy atom. The van der Waals surface area contributed by atoms with Crippen molar-refractivity contribution in [3.05, 3.63) is 24.3 Å². The lowest BCUT2D eigenvalue weighted by Crippen LogP contribution is -2.49. The van der Waals surface area contributed by atoms with Crippen molar-refractivity contribution < 1.29 is 9.59 Å². The summed E-state index contributed by atoms with van der Waals surface area (Å²) in [4.78, 5) is 24.4. The lowest BCUT2D eigenvalue weighted by Gasteiger charge is -2.41. The third-order valence-corrected chi connectivity index (χ3v) is 5.36. The minimum atomic E-state index is -0.616. The lowest BCUT2D eigenvalue weighted by atomic mass is 9.62. The Morgan fingerprint density at radius 3 is 2.58 bits per heavy atom. The van der Waals surface area contributed by atoms with Gasteiger partial charge in [0.25, 0.3) is 0 Å². The predicted octanol–water partition coefficient (Wildman–Crippen LogP) is 0.902. The molecule has 4 rings (SSSR count). The Hall–Kier alpha value is -1.42. The summed E-state index contributed by atoms with van der Waals surface area (Å²) in [6.07, 6.45) is 12.1. The molecule has 0 aromatic carbocycles. The third kappa shape index (κ3) is 1.43. The zero-order valence-electron chi connectivity index (χ0n) is 10.8. The Kier molecular flexibility index (Phi) is 2.28. The lowest BCUT2D eigenvalue weighted by molar-refractivity contribution is -0.129. The Balaban J connectivity index is 1.74. The van der Waals surface area contributed by atoms with Crippen LogP contribution >= 0.6 is 0 Å². The maximum Gasteiger partial charge on any atom is 0.238 e. The Bertz CT molecular complexity index is 498. The number of amides is 2. The van der Waals surface area contributed by atoms with E-state index in [1.165, 1.54) is 12.8 Å². The molecule has 1 aliphatic carbocycles. The Morgan fingerprint density at radius 1 is 1.11 bits per heavy atom. The first kappa shape index (κ1) is 11.4. The van der Waals surface area contributed by atoms with Gasteiger partial charge < -0.3 is 5.32 Å². The van der Waals surface area contributed by atoms with E-state index >= 15 is 0 Å². The number of hydrogen-bond acceptors (Lipinski definition) is 3. The summed E-state index contributed by atoms with van der Waals surface area (Å²) < 4.78 is 0. The molecule has 4 nitrogen and oxygen atoms in total. The van der Waals surface area contributed by atoms with Crippen molar-refractivity contribution >= 4 is 11.8 Å². The van der Waals surface area contributed by atoms with E-state index in [1.54, 1.807) is 0 Å². The standard InChI is InChI=1S/C15H18N2O2/c18-13-12-3-1-2-6-15(12,14(19)17-13)9-7-10-4-5-11(8-9)16-10/h1-3,6,9-12,16H,4-5,7-8H2,(H,17,18,19). The first-order valence-electron chi connectivity index (χ1n) is 7.17. The monoisotopic (exact) mass is 258 g/mol. The molecule has 3 saturated heterocycles. The number of carbonyl (C=O) groups is 2. The van der Waals surface area contributed by atoms with Gasteiger partial charge in [0.15, 0.2) is 0 Å². The van der Waals surface area contributed by atoms with Gasteiger partial charge in [-0.25, -0.2) is 0 Å². The molecule has 2 bridgehead atoms. The maximum absolute atomic E-state index is 12.4. The molecule has 3 aliphatic heterocycles. The van der Waals surface area contributed by atoms with Crippen molar-refractivity contribution in [2.45, 2.75) is 37.8 Å². The summed E-state index contributed by atoms with van der Waals surface area (Å²) in [5.41, 5.74) is -0.616. The van der Waals surface area contributed by atoms with Gasteiger partial charge in [-0.15, -0.1) is 0 Å². The highest BCUT2D eigenvalue weighted by molar-refractivity contribution is 6.09. The van der Waals surface area contributed by atoms with E-state index in [1.807, 2.05) is 24.3 Å². The van der Waals surface area contributed by atoms with Crippen molar-refractivity contribution in [2.75, 3.05) is 0 Å². The normalized spacial score (nSPS) is 47.4. The van der Waals surface area contributed by atoms with Crippen molar-refractivity contribution in [1.82, 2.24) is 10.6 Å². The van der Waals surface area contributed by atoms with Gasteiger partial charge >= 0.3 is 0 Å². The van der Waals surface area contributed by atoms with Crippen LogP contribution in [0.1, 0.15) is 25.7 Å². The summed E-state index contributed by atoms with van der Waals surface area (Å²) in [6.45, 7) is 0. The number of carbonyl (C=O) groups excluding carboxylic acids is 2. The Labute approximate surface area is 112 Å². The smallest absolute Gasteiger partial charge is 0.238 e. The van der Waals surface area contributed by atoms with Crippen LogP contribution in [0.2, 0.25) is 0 Å². The number of imide groups is 1. The molecule has 4 heteroatoms. The number of rotatable bonds is 1. The van der Waals surface area contributed by atoms with Gasteiger partial charge in [0.1, 0.15) is 0 Å². The number of nitrogens with one attached hydrogen (secondary N) is 2. The summed E-state index contributed by atoms with van der Waals surface area (Å²) in [7, 11) is 0. The van der Waals surface area contributed by atoms with Crippen molar-refractivity contribution in [1.29, 1.82) is 0 Å². The van der Waals surface area contributed by atoms with Crippen LogP contribution in [0.3, 0.4) is 0 Å². The molecule has 0 spiro atoms. The van der Waals surface area contributed by atoms with E-state index in [9.17, 15) is 9.59 Å². The zero-order valence-corrected chi connectivity index (χ0v) is 10.8. The SMILES string of the molecule is O=C1NC(=O)C2(C3CC4CCC(C3)N4)C=CC=CC12. The highest BCUT2D eigenvalue weighted by Gasteiger charge is 2.59. The second-order valence-electron chi connectivity index (χ2n) is 6.28. The summed E-state index contributed by atoms with van der Waals surface area (Å²) in [5.74, 6) is -0.234. The highest BCUT2D eigenvalue weighted by atomic mass is 16.2. The first-order valence-corrected chi connectivity index (χ1v) is 7.17. The van der Waals surface area contributed by atoms with Crippen LogP contribution in [0.25, 0.3) is 0 Å². The molecule has 4 unspecified atom stereocenters. The van der Waals surface area contributed by atoms with Gasteiger partial charge in [-0.05, 0) is 31.6 Å². The summed E-state index contributed by atoms with van der Waals surface area (Å²) in [6, 6.07) is 1.06. The van der Waals surface area contributed by atoms with Crippen LogP contribution in [0.15, 0.2) is 24.3 Å². The molecule has 3 fully saturated rings. The highest BCUT2D eigenvalue weighted by Crippen LogP contribution is 2.50. The molecular weight excluding hydrogens is 240 g/mol. The topological polar surface area (TPSA) is 58.2 Å². The fourth-order valence-corrected chi connectivity index (χ4v) is 4.49. The molecule has 0 aromatic heterocycles. The van der Waals surface area contributed by atoms with Crippen LogP contribution in [-0.2, 0) is 9.59 Å². The number of fused-ring (bicyclic) bond motifs is 3. The molecule has 2 N–H and O–H groups in total. The van der Waals surface area contributed by atoms with Crippen molar-refractivity contribution in [2.24, 2.45) is 17.3 Å². The molecule has 19 heavy (non-hydrogen) atoms. The second kappa shape index (κ2) is 3.79. The van der Waals surface area contributed by atoms with Crippen LogP contribution in [0.4, 0.5) is 0 Å². The molecule has 0 saturated carbocycles. The van der Waals surface area contributed by atoms with E-state index in [-0.39, 0.29) is 23.7 Å². The molecule has 4 atom stereocenters. The fourth-order valence-electron chi connectivity index (χ4n) is 4.49.